The van der Waals surface area contributed by atoms with Gasteiger partial charge in [0.1, 0.15) is 0 Å². The van der Waals surface area contributed by atoms with E-state index in [4.69, 9.17) is 0 Å². The van der Waals surface area contributed by atoms with E-state index in [-0.39, 0.29) is 5.91 Å². The second-order valence-electron chi connectivity index (χ2n) is 3.90. The number of H-pyrrole nitrogens is 1. The van der Waals surface area contributed by atoms with Crippen LogP contribution in [-0.4, -0.2) is 16.1 Å². The van der Waals surface area contributed by atoms with Crippen molar-refractivity contribution in [3.63, 3.8) is 0 Å². The molecule has 2 N–H and O–H groups in total. The zero-order chi connectivity index (χ0) is 12.4. The lowest BCUT2D eigenvalue weighted by atomic mass is 10.1. The molecular weight excluding hydrogens is 246 g/mol. The van der Waals surface area contributed by atoms with Crippen LogP contribution >= 0.6 is 11.3 Å². The number of aromatic nitrogens is 2. The third kappa shape index (κ3) is 2.00. The molecule has 0 bridgehead atoms. The summed E-state index contributed by atoms with van der Waals surface area (Å²) in [6.45, 7) is 0.557. The van der Waals surface area contributed by atoms with Crippen LogP contribution in [0.2, 0.25) is 0 Å². The highest BCUT2D eigenvalue weighted by atomic mass is 32.1. The van der Waals surface area contributed by atoms with Crippen LogP contribution < -0.4 is 5.32 Å². The maximum Gasteiger partial charge on any atom is 0.253 e. The predicted octanol–water partition coefficient (Wildman–Crippen LogP) is 2.55. The first-order valence-corrected chi connectivity index (χ1v) is 6.45. The van der Waals surface area contributed by atoms with Crippen LogP contribution in [0.25, 0.3) is 10.9 Å². The molecule has 0 aliphatic carbocycles. The van der Waals surface area contributed by atoms with Crippen LogP contribution in [0.5, 0.6) is 0 Å². The van der Waals surface area contributed by atoms with Crippen molar-refractivity contribution in [1.29, 1.82) is 0 Å². The van der Waals surface area contributed by atoms with Crippen LogP contribution in [0, 0.1) is 0 Å². The second kappa shape index (κ2) is 4.62. The Balaban J connectivity index is 1.81. The Morgan fingerprint density at radius 1 is 1.33 bits per heavy atom. The van der Waals surface area contributed by atoms with Crippen molar-refractivity contribution >= 4 is 28.1 Å². The molecule has 2 aromatic heterocycles. The Hall–Kier alpha value is -2.14. The van der Waals surface area contributed by atoms with Gasteiger partial charge in [-0.2, -0.15) is 5.10 Å². The maximum absolute atomic E-state index is 12.1. The number of amides is 1. The number of thiophene rings is 1. The number of nitrogens with one attached hydrogen (secondary N) is 2. The average Bonchev–Trinajstić information content (AvgIpc) is 3.05. The van der Waals surface area contributed by atoms with E-state index in [1.807, 2.05) is 29.6 Å². The number of aromatic amines is 1. The second-order valence-corrected chi connectivity index (χ2v) is 4.93. The lowest BCUT2D eigenvalue weighted by Crippen LogP contribution is -2.22. The van der Waals surface area contributed by atoms with Crippen molar-refractivity contribution in [2.75, 3.05) is 0 Å². The monoisotopic (exact) mass is 257 g/mol. The highest BCUT2D eigenvalue weighted by Crippen LogP contribution is 2.15. The molecule has 0 unspecified atom stereocenters. The Kier molecular flexibility index (Phi) is 2.82. The van der Waals surface area contributed by atoms with Gasteiger partial charge < -0.3 is 5.32 Å². The van der Waals surface area contributed by atoms with Gasteiger partial charge >= 0.3 is 0 Å². The summed E-state index contributed by atoms with van der Waals surface area (Å²) in [6, 6.07) is 9.56. The first-order valence-electron chi connectivity index (χ1n) is 5.57. The van der Waals surface area contributed by atoms with Gasteiger partial charge in [0.15, 0.2) is 0 Å². The average molecular weight is 257 g/mol. The molecule has 0 aliphatic rings. The van der Waals surface area contributed by atoms with Gasteiger partial charge in [0.25, 0.3) is 5.91 Å². The molecule has 1 aromatic carbocycles. The number of benzene rings is 1. The number of rotatable bonds is 3. The Morgan fingerprint density at radius 3 is 3.11 bits per heavy atom. The van der Waals surface area contributed by atoms with E-state index in [2.05, 4.69) is 15.5 Å². The van der Waals surface area contributed by atoms with Gasteiger partial charge in [-0.1, -0.05) is 18.2 Å². The summed E-state index contributed by atoms with van der Waals surface area (Å²) < 4.78 is 0. The van der Waals surface area contributed by atoms with Crippen molar-refractivity contribution in [2.24, 2.45) is 0 Å². The van der Waals surface area contributed by atoms with Crippen molar-refractivity contribution in [3.05, 3.63) is 52.3 Å². The fourth-order valence-electron chi connectivity index (χ4n) is 1.83. The smallest absolute Gasteiger partial charge is 0.253 e. The molecule has 4 nitrogen and oxygen atoms in total. The fourth-order valence-corrected chi connectivity index (χ4v) is 2.48. The number of carbonyl (C=O) groups excluding carboxylic acids is 1. The Morgan fingerprint density at radius 2 is 2.28 bits per heavy atom. The Labute approximate surface area is 108 Å². The number of fused-ring (bicyclic) bond motifs is 1. The maximum atomic E-state index is 12.1. The van der Waals surface area contributed by atoms with E-state index in [9.17, 15) is 4.79 Å². The summed E-state index contributed by atoms with van der Waals surface area (Å²) >= 11 is 1.63. The minimum Gasteiger partial charge on any atom is -0.347 e. The molecule has 0 radical (unpaired) electrons. The highest BCUT2D eigenvalue weighted by molar-refractivity contribution is 7.09. The minimum absolute atomic E-state index is 0.0850. The number of nitrogens with zero attached hydrogens (tertiary/aromatic N) is 1. The van der Waals surface area contributed by atoms with Crippen LogP contribution in [0.1, 0.15) is 15.2 Å². The zero-order valence-electron chi connectivity index (χ0n) is 9.51. The fraction of sp³-hybridized carbons (Fsp3) is 0.0769. The van der Waals surface area contributed by atoms with Crippen molar-refractivity contribution in [2.45, 2.75) is 6.54 Å². The van der Waals surface area contributed by atoms with Gasteiger partial charge in [0.05, 0.1) is 23.8 Å². The van der Waals surface area contributed by atoms with Crippen LogP contribution in [-0.2, 0) is 6.54 Å². The summed E-state index contributed by atoms with van der Waals surface area (Å²) in [4.78, 5) is 13.2. The predicted molar refractivity (Wildman–Crippen MR) is 71.6 cm³/mol. The summed E-state index contributed by atoms with van der Waals surface area (Å²) in [5, 5.41) is 12.7. The van der Waals surface area contributed by atoms with Gasteiger partial charge in [-0.3, -0.25) is 9.89 Å². The van der Waals surface area contributed by atoms with Gasteiger partial charge in [0, 0.05) is 10.3 Å². The number of carbonyl (C=O) groups is 1. The van der Waals surface area contributed by atoms with Crippen molar-refractivity contribution < 1.29 is 4.79 Å². The Bertz CT molecular complexity index is 672. The molecular formula is C13H11N3OS. The zero-order valence-corrected chi connectivity index (χ0v) is 10.3. The molecule has 0 atom stereocenters. The van der Waals surface area contributed by atoms with Crippen molar-refractivity contribution in [1.82, 2.24) is 15.5 Å². The van der Waals surface area contributed by atoms with E-state index in [0.717, 1.165) is 15.8 Å². The third-order valence-electron chi connectivity index (χ3n) is 2.72. The lowest BCUT2D eigenvalue weighted by Gasteiger charge is -2.04. The standard InChI is InChI=1S/C13H11N3OS/c17-13(14-8-10-4-2-6-18-10)11-5-1-3-9-7-15-16-12(9)11/h1-7H,8H2,(H,14,17)(H,15,16). The van der Waals surface area contributed by atoms with E-state index < -0.39 is 0 Å². The molecule has 0 saturated heterocycles. The summed E-state index contributed by atoms with van der Waals surface area (Å²) in [5.41, 5.74) is 1.41. The first kappa shape index (κ1) is 11.0. The van der Waals surface area contributed by atoms with E-state index in [1.54, 1.807) is 23.6 Å². The normalized spacial score (nSPS) is 10.7. The molecule has 1 amide bonds. The SMILES string of the molecule is O=C(NCc1cccs1)c1cccc2cn[nH]c12. The molecule has 3 aromatic rings. The van der Waals surface area contributed by atoms with Crippen LogP contribution in [0.3, 0.4) is 0 Å². The molecule has 90 valence electrons. The number of para-hydroxylation sites is 1. The van der Waals surface area contributed by atoms with E-state index in [0.29, 0.717) is 12.1 Å². The number of hydrogen-bond acceptors (Lipinski definition) is 3. The summed E-state index contributed by atoms with van der Waals surface area (Å²) in [7, 11) is 0. The quantitative estimate of drug-likeness (QED) is 0.757. The third-order valence-corrected chi connectivity index (χ3v) is 3.60. The molecule has 0 saturated carbocycles. The van der Waals surface area contributed by atoms with E-state index in [1.165, 1.54) is 0 Å². The van der Waals surface area contributed by atoms with E-state index >= 15 is 0 Å². The molecule has 0 spiro atoms. The minimum atomic E-state index is -0.0850. The largest absolute Gasteiger partial charge is 0.347 e. The summed E-state index contributed by atoms with van der Waals surface area (Å²) in [5.74, 6) is -0.0850. The molecule has 5 heteroatoms. The highest BCUT2D eigenvalue weighted by Gasteiger charge is 2.10. The first-order chi connectivity index (χ1) is 8.84. The van der Waals surface area contributed by atoms with Crippen LogP contribution in [0.15, 0.2) is 41.9 Å². The molecule has 0 aliphatic heterocycles. The topological polar surface area (TPSA) is 57.8 Å². The lowest BCUT2D eigenvalue weighted by molar-refractivity contribution is 0.0953. The number of hydrogen-bond donors (Lipinski definition) is 2. The van der Waals surface area contributed by atoms with Gasteiger partial charge in [-0.15, -0.1) is 11.3 Å². The van der Waals surface area contributed by atoms with Crippen molar-refractivity contribution in [3.8, 4) is 0 Å². The van der Waals surface area contributed by atoms with Gasteiger partial charge in [-0.25, -0.2) is 0 Å². The summed E-state index contributed by atoms with van der Waals surface area (Å²) in [6.07, 6.45) is 1.71. The van der Waals surface area contributed by atoms with Gasteiger partial charge in [0.2, 0.25) is 0 Å². The molecule has 0 fully saturated rings. The molecule has 3 rings (SSSR count). The molecule has 18 heavy (non-hydrogen) atoms. The van der Waals surface area contributed by atoms with Crippen LogP contribution in [0.4, 0.5) is 0 Å². The molecule has 2 heterocycles. The van der Waals surface area contributed by atoms with Gasteiger partial charge in [-0.05, 0) is 17.5 Å².